The number of morpholine rings is 2. The van der Waals surface area contributed by atoms with E-state index in [1.54, 1.807) is 12.1 Å². The molecule has 6 fully saturated rings. The number of nitrogens with zero attached hydrogens (tertiary/aromatic N) is 2. The normalized spacial score (nSPS) is 28.6. The number of benzene rings is 4. The molecular formula is C54H63N5O10. The number of fused-ring (bicyclic) bond motifs is 6. The Kier molecular flexibility index (Phi) is 14.4. The van der Waals surface area contributed by atoms with E-state index in [-0.39, 0.29) is 23.7 Å². The molecule has 4 aromatic rings. The summed E-state index contributed by atoms with van der Waals surface area (Å²) in [7, 11) is 0. The van der Waals surface area contributed by atoms with Crippen LogP contribution < -0.4 is 16.0 Å². The van der Waals surface area contributed by atoms with E-state index >= 15 is 0 Å². The minimum Gasteiger partial charge on any atom is -0.458 e. The van der Waals surface area contributed by atoms with Crippen LogP contribution in [0.3, 0.4) is 0 Å². The van der Waals surface area contributed by atoms with Crippen molar-refractivity contribution in [3.8, 4) is 0 Å². The summed E-state index contributed by atoms with van der Waals surface area (Å²) < 4.78 is 23.5. The average Bonchev–Trinajstić information content (AvgIpc) is 4.17. The van der Waals surface area contributed by atoms with E-state index < -0.39 is 71.5 Å². The van der Waals surface area contributed by atoms with Crippen LogP contribution in [0, 0.1) is 47.3 Å². The molecule has 4 amide bonds. The minimum absolute atomic E-state index is 0.259. The Morgan fingerprint density at radius 1 is 0.493 bits per heavy atom. The van der Waals surface area contributed by atoms with Gasteiger partial charge in [-0.2, -0.15) is 0 Å². The molecule has 10 unspecified atom stereocenters. The predicted octanol–water partition coefficient (Wildman–Crippen LogP) is 4.61. The molecule has 69 heavy (non-hydrogen) atoms. The summed E-state index contributed by atoms with van der Waals surface area (Å²) in [6.07, 6.45) is 1.90. The fourth-order valence-electron chi connectivity index (χ4n) is 12.8. The van der Waals surface area contributed by atoms with Crippen molar-refractivity contribution in [1.82, 2.24) is 25.8 Å². The molecule has 10 atom stereocenters. The standard InChI is InChI=1S/C54H63N5O10/c60-49(55-17-7-19-58-21-25-66-26-22-58)45-35-29-41(43(31-35)68-53(64)39-15-5-11-33-9-1-3-13-37(33)39)47(45)51(62)57-52(63)48-42-30-36(46(48)50(61)56-18-8-20-59-23-27-67-28-24-59)32-44(42)69-54(65)40-16-6-12-34-10-2-4-14-38(34)40/h1-6,9-16,35-36,41-48H,7-8,17-32H2,(H,55,60)(H,56,61)(H,57,62,63). The molecule has 0 aromatic heterocycles. The molecule has 10 rings (SSSR count). The Labute approximate surface area is 402 Å². The van der Waals surface area contributed by atoms with Gasteiger partial charge in [-0.1, -0.05) is 72.8 Å². The summed E-state index contributed by atoms with van der Waals surface area (Å²) in [5, 5.41) is 12.2. The monoisotopic (exact) mass is 941 g/mol. The van der Waals surface area contributed by atoms with E-state index in [2.05, 4.69) is 25.8 Å². The minimum atomic E-state index is -0.969. The molecular weight excluding hydrogens is 879 g/mol. The summed E-state index contributed by atoms with van der Waals surface area (Å²) in [4.78, 5) is 90.6. The molecule has 3 N–H and O–H groups in total. The molecule has 6 aliphatic rings. The van der Waals surface area contributed by atoms with E-state index in [9.17, 15) is 28.8 Å². The Balaban J connectivity index is 0.870. The Morgan fingerprint density at radius 2 is 0.899 bits per heavy atom. The van der Waals surface area contributed by atoms with Crippen LogP contribution in [0.2, 0.25) is 0 Å². The van der Waals surface area contributed by atoms with Gasteiger partial charge in [-0.25, -0.2) is 9.59 Å². The topological polar surface area (TPSA) is 182 Å². The molecule has 364 valence electrons. The molecule has 0 spiro atoms. The third-order valence-electron chi connectivity index (χ3n) is 16.0. The van der Waals surface area contributed by atoms with Crippen molar-refractivity contribution in [2.24, 2.45) is 47.3 Å². The largest absolute Gasteiger partial charge is 0.458 e. The second-order valence-corrected chi connectivity index (χ2v) is 19.9. The number of rotatable bonds is 16. The van der Waals surface area contributed by atoms with E-state index in [0.717, 1.165) is 73.7 Å². The second kappa shape index (κ2) is 21.1. The second-order valence-electron chi connectivity index (χ2n) is 19.9. The molecule has 2 heterocycles. The van der Waals surface area contributed by atoms with Crippen LogP contribution in [0.25, 0.3) is 21.5 Å². The van der Waals surface area contributed by atoms with Gasteiger partial charge in [0, 0.05) is 51.1 Å². The van der Waals surface area contributed by atoms with Crippen molar-refractivity contribution >= 4 is 57.1 Å². The van der Waals surface area contributed by atoms with Crippen LogP contribution in [0.1, 0.15) is 59.2 Å². The van der Waals surface area contributed by atoms with Gasteiger partial charge in [-0.15, -0.1) is 0 Å². The zero-order valence-electron chi connectivity index (χ0n) is 39.1. The lowest BCUT2D eigenvalue weighted by molar-refractivity contribution is -0.147. The number of carbonyl (C=O) groups is 6. The van der Waals surface area contributed by atoms with Gasteiger partial charge in [0.1, 0.15) is 12.2 Å². The number of hydrogen-bond donors (Lipinski definition) is 3. The maximum absolute atomic E-state index is 14.9. The van der Waals surface area contributed by atoms with Crippen molar-refractivity contribution in [3.05, 3.63) is 96.1 Å². The fraction of sp³-hybridized carbons (Fsp3) is 0.519. The third kappa shape index (κ3) is 10.0. The van der Waals surface area contributed by atoms with Crippen LogP contribution in [-0.4, -0.2) is 136 Å². The first-order valence-electron chi connectivity index (χ1n) is 25.1. The van der Waals surface area contributed by atoms with Gasteiger partial charge in [0.15, 0.2) is 0 Å². The Hall–Kier alpha value is -5.74. The maximum atomic E-state index is 14.9. The van der Waals surface area contributed by atoms with Crippen LogP contribution in [-0.2, 0) is 38.1 Å². The SMILES string of the molecule is O=C(OC1CC2CC1C(C(=O)NC(=O)C1C3CC(CC3OC(=O)c3cccc4ccccc34)C1C(=O)NCCCN1CCOCC1)C2C(=O)NCCCN1CCOCC1)c1cccc2ccccc12. The van der Waals surface area contributed by atoms with Gasteiger partial charge in [-0.3, -0.25) is 34.3 Å². The lowest BCUT2D eigenvalue weighted by Crippen LogP contribution is -2.53. The summed E-state index contributed by atoms with van der Waals surface area (Å²) in [5.74, 6) is -7.78. The quantitative estimate of drug-likeness (QED) is 0.0808. The molecule has 2 saturated heterocycles. The van der Waals surface area contributed by atoms with E-state index in [0.29, 0.717) is 76.3 Å². The highest BCUT2D eigenvalue weighted by Gasteiger charge is 2.62. The fourth-order valence-corrected chi connectivity index (χ4v) is 12.8. The molecule has 15 nitrogen and oxygen atoms in total. The van der Waals surface area contributed by atoms with Crippen molar-refractivity contribution in [3.63, 3.8) is 0 Å². The van der Waals surface area contributed by atoms with E-state index in [1.807, 2.05) is 72.8 Å². The molecule has 4 aliphatic carbocycles. The van der Waals surface area contributed by atoms with Crippen molar-refractivity contribution in [1.29, 1.82) is 0 Å². The van der Waals surface area contributed by atoms with Gasteiger partial charge in [0.2, 0.25) is 23.6 Å². The van der Waals surface area contributed by atoms with E-state index in [1.165, 1.54) is 0 Å². The van der Waals surface area contributed by atoms with E-state index in [4.69, 9.17) is 18.9 Å². The van der Waals surface area contributed by atoms with Gasteiger partial charge in [0.25, 0.3) is 0 Å². The number of esters is 2. The van der Waals surface area contributed by atoms with Crippen LogP contribution in [0.5, 0.6) is 0 Å². The first-order valence-corrected chi connectivity index (χ1v) is 25.1. The van der Waals surface area contributed by atoms with Crippen LogP contribution in [0.15, 0.2) is 84.9 Å². The number of ether oxygens (including phenoxy) is 4. The summed E-state index contributed by atoms with van der Waals surface area (Å²) in [6, 6.07) is 26.1. The highest BCUT2D eigenvalue weighted by molar-refractivity contribution is 6.06. The number of amides is 4. The number of hydrogen-bond acceptors (Lipinski definition) is 12. The highest BCUT2D eigenvalue weighted by atomic mass is 16.5. The summed E-state index contributed by atoms with van der Waals surface area (Å²) in [6.45, 7) is 8.51. The highest BCUT2D eigenvalue weighted by Crippen LogP contribution is 2.56. The zero-order valence-corrected chi connectivity index (χ0v) is 39.1. The predicted molar refractivity (Wildman–Crippen MR) is 256 cm³/mol. The van der Waals surface area contributed by atoms with Crippen LogP contribution in [0.4, 0.5) is 0 Å². The number of carbonyl (C=O) groups excluding carboxylic acids is 6. The van der Waals surface area contributed by atoms with Gasteiger partial charge >= 0.3 is 11.9 Å². The smallest absolute Gasteiger partial charge is 0.339 e. The summed E-state index contributed by atoms with van der Waals surface area (Å²) >= 11 is 0. The molecule has 15 heteroatoms. The molecule has 0 radical (unpaired) electrons. The molecule has 2 aliphatic heterocycles. The Bertz CT molecular complexity index is 2380. The van der Waals surface area contributed by atoms with Crippen molar-refractivity contribution in [2.75, 3.05) is 78.8 Å². The van der Waals surface area contributed by atoms with Gasteiger partial charge in [0.05, 0.1) is 61.2 Å². The molecule has 4 saturated carbocycles. The maximum Gasteiger partial charge on any atom is 0.339 e. The zero-order chi connectivity index (χ0) is 47.4. The lowest BCUT2D eigenvalue weighted by atomic mass is 9.75. The first-order chi connectivity index (χ1) is 33.7. The number of imide groups is 1. The molecule has 4 aromatic carbocycles. The van der Waals surface area contributed by atoms with Crippen molar-refractivity contribution < 1.29 is 47.7 Å². The number of nitrogens with one attached hydrogen (secondary N) is 3. The van der Waals surface area contributed by atoms with Gasteiger partial charge < -0.3 is 29.6 Å². The third-order valence-corrected chi connectivity index (χ3v) is 16.0. The summed E-state index contributed by atoms with van der Waals surface area (Å²) in [5.41, 5.74) is 0.832. The first kappa shape index (κ1) is 47.0. The average molecular weight is 942 g/mol. The van der Waals surface area contributed by atoms with Crippen molar-refractivity contribution in [2.45, 2.75) is 50.7 Å². The van der Waals surface area contributed by atoms with Crippen LogP contribution >= 0.6 is 0 Å². The van der Waals surface area contributed by atoms with Gasteiger partial charge in [-0.05, 0) is 97.1 Å². The Morgan fingerprint density at radius 3 is 1.33 bits per heavy atom. The molecule has 4 bridgehead atoms. The lowest BCUT2D eigenvalue weighted by Gasteiger charge is -2.36.